The lowest BCUT2D eigenvalue weighted by Gasteiger charge is -2.18. The fraction of sp³-hybridized carbons (Fsp3) is 0.800. The summed E-state index contributed by atoms with van der Waals surface area (Å²) in [6.45, 7) is 12.5. The third-order valence-corrected chi connectivity index (χ3v) is 4.10. The van der Waals surface area contributed by atoms with Gasteiger partial charge in [-0.1, -0.05) is 34.1 Å². The molecule has 1 unspecified atom stereocenters. The molecule has 0 saturated carbocycles. The number of aromatic nitrogens is 1. The van der Waals surface area contributed by atoms with Crippen molar-refractivity contribution in [3.63, 3.8) is 0 Å². The van der Waals surface area contributed by atoms with E-state index in [1.54, 1.807) is 11.3 Å². The Labute approximate surface area is 121 Å². The highest BCUT2D eigenvalue weighted by Crippen LogP contribution is 2.34. The number of hydrogen-bond acceptors (Lipinski definition) is 4. The minimum absolute atomic E-state index is 0.0872. The van der Waals surface area contributed by atoms with Crippen LogP contribution >= 0.6 is 11.3 Å². The standard InChI is InChI=1S/C15H28N2OS/c1-7-9-11(18-8-2)14-17-13(15(3,4)5)12(19-14)10-16-6/h11,16H,7-10H2,1-6H3. The summed E-state index contributed by atoms with van der Waals surface area (Å²) in [6, 6.07) is 0. The molecular formula is C15H28N2OS. The molecule has 4 heteroatoms. The highest BCUT2D eigenvalue weighted by molar-refractivity contribution is 7.11. The lowest BCUT2D eigenvalue weighted by Crippen LogP contribution is -2.17. The van der Waals surface area contributed by atoms with Crippen molar-refractivity contribution in [3.05, 3.63) is 15.6 Å². The monoisotopic (exact) mass is 284 g/mol. The van der Waals surface area contributed by atoms with Crippen LogP contribution in [0.1, 0.15) is 69.1 Å². The molecule has 3 nitrogen and oxygen atoms in total. The van der Waals surface area contributed by atoms with Gasteiger partial charge >= 0.3 is 0 Å². The molecule has 0 aliphatic carbocycles. The Balaban J connectivity index is 3.07. The first kappa shape index (κ1) is 16.6. The Hall–Kier alpha value is -0.450. The zero-order valence-corrected chi connectivity index (χ0v) is 14.0. The summed E-state index contributed by atoms with van der Waals surface area (Å²) >= 11 is 1.80. The van der Waals surface area contributed by atoms with E-state index in [0.717, 1.165) is 31.0 Å². The summed E-state index contributed by atoms with van der Waals surface area (Å²) in [5, 5.41) is 4.38. The topological polar surface area (TPSA) is 34.1 Å². The number of nitrogens with zero attached hydrogens (tertiary/aromatic N) is 1. The van der Waals surface area contributed by atoms with Crippen molar-refractivity contribution in [3.8, 4) is 0 Å². The molecule has 0 spiro atoms. The van der Waals surface area contributed by atoms with Gasteiger partial charge < -0.3 is 10.1 Å². The molecule has 1 atom stereocenters. The van der Waals surface area contributed by atoms with Crippen molar-refractivity contribution in [1.29, 1.82) is 0 Å². The first-order chi connectivity index (χ1) is 8.93. The fourth-order valence-electron chi connectivity index (χ4n) is 2.12. The molecule has 0 saturated heterocycles. The highest BCUT2D eigenvalue weighted by atomic mass is 32.1. The van der Waals surface area contributed by atoms with Crippen LogP contribution in [0.4, 0.5) is 0 Å². The maximum absolute atomic E-state index is 5.86. The molecule has 1 aromatic heterocycles. The second kappa shape index (κ2) is 7.36. The van der Waals surface area contributed by atoms with E-state index in [1.807, 2.05) is 7.05 Å². The van der Waals surface area contributed by atoms with Crippen LogP contribution in [0.3, 0.4) is 0 Å². The van der Waals surface area contributed by atoms with E-state index in [0.29, 0.717) is 0 Å². The highest BCUT2D eigenvalue weighted by Gasteiger charge is 2.25. The van der Waals surface area contributed by atoms with Gasteiger partial charge in [0.15, 0.2) is 0 Å². The van der Waals surface area contributed by atoms with Crippen LogP contribution in [0.2, 0.25) is 0 Å². The molecule has 1 N–H and O–H groups in total. The van der Waals surface area contributed by atoms with E-state index in [-0.39, 0.29) is 11.5 Å². The SMILES string of the molecule is CCCC(OCC)c1nc(C(C)(C)C)c(CNC)s1. The van der Waals surface area contributed by atoms with Crippen molar-refractivity contribution < 1.29 is 4.74 Å². The summed E-state index contributed by atoms with van der Waals surface area (Å²) in [5.74, 6) is 0. The second-order valence-corrected chi connectivity index (χ2v) is 6.95. The molecule has 1 heterocycles. The average Bonchev–Trinajstić information content (AvgIpc) is 2.73. The minimum Gasteiger partial charge on any atom is -0.371 e. The second-order valence-electron chi connectivity index (χ2n) is 5.84. The third kappa shape index (κ3) is 4.55. The van der Waals surface area contributed by atoms with Crippen molar-refractivity contribution in [2.24, 2.45) is 0 Å². The number of nitrogens with one attached hydrogen (secondary N) is 1. The first-order valence-corrected chi connectivity index (χ1v) is 8.01. The molecule has 0 amide bonds. The molecule has 0 radical (unpaired) electrons. The maximum atomic E-state index is 5.86. The van der Waals surface area contributed by atoms with Crippen LogP contribution < -0.4 is 5.32 Å². The van der Waals surface area contributed by atoms with Crippen LogP contribution in [-0.4, -0.2) is 18.6 Å². The quantitative estimate of drug-likeness (QED) is 0.820. The molecule has 1 aromatic rings. The van der Waals surface area contributed by atoms with E-state index >= 15 is 0 Å². The smallest absolute Gasteiger partial charge is 0.122 e. The Morgan fingerprint density at radius 1 is 1.32 bits per heavy atom. The summed E-state index contributed by atoms with van der Waals surface area (Å²) in [7, 11) is 1.98. The molecule has 19 heavy (non-hydrogen) atoms. The van der Waals surface area contributed by atoms with Gasteiger partial charge in [0, 0.05) is 23.4 Å². The Bertz CT molecular complexity index is 376. The Kier molecular flexibility index (Phi) is 6.43. The van der Waals surface area contributed by atoms with Gasteiger partial charge in [-0.05, 0) is 20.4 Å². The van der Waals surface area contributed by atoms with E-state index in [4.69, 9.17) is 9.72 Å². The molecule has 0 bridgehead atoms. The maximum Gasteiger partial charge on any atom is 0.122 e. The number of hydrogen-bond donors (Lipinski definition) is 1. The molecular weight excluding hydrogens is 256 g/mol. The number of rotatable bonds is 7. The predicted molar refractivity (Wildman–Crippen MR) is 82.9 cm³/mol. The molecule has 110 valence electrons. The summed E-state index contributed by atoms with van der Waals surface area (Å²) in [5.41, 5.74) is 1.30. The van der Waals surface area contributed by atoms with Crippen LogP contribution in [0, 0.1) is 0 Å². The van der Waals surface area contributed by atoms with Crippen molar-refractivity contribution in [1.82, 2.24) is 10.3 Å². The van der Waals surface area contributed by atoms with E-state index in [2.05, 4.69) is 39.9 Å². The van der Waals surface area contributed by atoms with Gasteiger partial charge in [-0.15, -0.1) is 11.3 Å². The van der Waals surface area contributed by atoms with Gasteiger partial charge in [0.25, 0.3) is 0 Å². The first-order valence-electron chi connectivity index (χ1n) is 7.20. The summed E-state index contributed by atoms with van der Waals surface area (Å²) in [6.07, 6.45) is 2.33. The zero-order valence-electron chi connectivity index (χ0n) is 13.2. The Morgan fingerprint density at radius 3 is 2.47 bits per heavy atom. The van der Waals surface area contributed by atoms with E-state index < -0.39 is 0 Å². The van der Waals surface area contributed by atoms with Gasteiger partial charge in [0.1, 0.15) is 11.1 Å². The Morgan fingerprint density at radius 2 is 2.00 bits per heavy atom. The molecule has 0 aromatic carbocycles. The normalized spacial score (nSPS) is 13.8. The largest absolute Gasteiger partial charge is 0.371 e. The van der Waals surface area contributed by atoms with Crippen LogP contribution in [0.5, 0.6) is 0 Å². The van der Waals surface area contributed by atoms with Crippen molar-refractivity contribution >= 4 is 11.3 Å². The lowest BCUT2D eigenvalue weighted by molar-refractivity contribution is 0.0553. The number of ether oxygens (including phenoxy) is 1. The summed E-state index contributed by atoms with van der Waals surface area (Å²) in [4.78, 5) is 6.23. The summed E-state index contributed by atoms with van der Waals surface area (Å²) < 4.78 is 5.86. The van der Waals surface area contributed by atoms with Gasteiger partial charge in [-0.3, -0.25) is 0 Å². The average molecular weight is 284 g/mol. The lowest BCUT2D eigenvalue weighted by atomic mass is 9.91. The minimum atomic E-state index is 0.0872. The van der Waals surface area contributed by atoms with Gasteiger partial charge in [-0.2, -0.15) is 0 Å². The molecule has 1 rings (SSSR count). The van der Waals surface area contributed by atoms with Crippen LogP contribution in [0.25, 0.3) is 0 Å². The van der Waals surface area contributed by atoms with Crippen molar-refractivity contribution in [2.75, 3.05) is 13.7 Å². The van der Waals surface area contributed by atoms with Gasteiger partial charge in [-0.25, -0.2) is 4.98 Å². The van der Waals surface area contributed by atoms with E-state index in [1.165, 1.54) is 10.6 Å². The zero-order chi connectivity index (χ0) is 14.5. The molecule has 0 aliphatic rings. The van der Waals surface area contributed by atoms with Gasteiger partial charge in [0.2, 0.25) is 0 Å². The van der Waals surface area contributed by atoms with Crippen LogP contribution in [0.15, 0.2) is 0 Å². The fourth-order valence-corrected chi connectivity index (χ4v) is 3.49. The van der Waals surface area contributed by atoms with Crippen LogP contribution in [-0.2, 0) is 16.7 Å². The third-order valence-electron chi connectivity index (χ3n) is 2.96. The van der Waals surface area contributed by atoms with Crippen molar-refractivity contribution in [2.45, 2.75) is 65.5 Å². The number of thiazole rings is 1. The van der Waals surface area contributed by atoms with Gasteiger partial charge in [0.05, 0.1) is 5.69 Å². The predicted octanol–water partition coefficient (Wildman–Crippen LogP) is 4.04. The van der Waals surface area contributed by atoms with E-state index in [9.17, 15) is 0 Å². The molecule has 0 aliphatic heterocycles. The molecule has 0 fully saturated rings.